The van der Waals surface area contributed by atoms with Crippen molar-refractivity contribution in [2.75, 3.05) is 0 Å². The number of fused-ring (bicyclic) bond motifs is 6. The number of nitrogens with zero attached hydrogens (tertiary/aromatic N) is 4. The second-order valence-electron chi connectivity index (χ2n) is 10.3. The smallest absolute Gasteiger partial charge is 0.164 e. The molecule has 1 aliphatic rings. The molecule has 0 aliphatic heterocycles. The van der Waals surface area contributed by atoms with Gasteiger partial charge in [0.25, 0.3) is 0 Å². The lowest BCUT2D eigenvalue weighted by atomic mass is 9.99. The third-order valence-electron chi connectivity index (χ3n) is 7.90. The first-order valence-corrected chi connectivity index (χ1v) is 13.6. The normalized spacial score (nSPS) is 11.9. The molecule has 8 aromatic rings. The Bertz CT molecular complexity index is 2320. The van der Waals surface area contributed by atoms with E-state index in [0.29, 0.717) is 17.5 Å². The molecule has 3 aromatic heterocycles. The molecular formula is C36H20N4O. The lowest BCUT2D eigenvalue weighted by molar-refractivity contribution is 0.668. The van der Waals surface area contributed by atoms with E-state index in [-0.39, 0.29) is 0 Å². The van der Waals surface area contributed by atoms with Crippen molar-refractivity contribution in [1.29, 1.82) is 0 Å². The van der Waals surface area contributed by atoms with Crippen molar-refractivity contribution < 1.29 is 4.42 Å². The molecule has 1 aliphatic carbocycles. The van der Waals surface area contributed by atoms with Crippen molar-refractivity contribution in [2.24, 2.45) is 0 Å². The van der Waals surface area contributed by atoms with Gasteiger partial charge in [0, 0.05) is 22.9 Å². The highest BCUT2D eigenvalue weighted by Gasteiger charge is 2.23. The summed E-state index contributed by atoms with van der Waals surface area (Å²) in [4.78, 5) is 19.8. The molecule has 5 aromatic carbocycles. The molecule has 0 unspecified atom stereocenters. The number of furan rings is 1. The molecule has 0 atom stereocenters. The van der Waals surface area contributed by atoms with Crippen molar-refractivity contribution in [2.45, 2.75) is 0 Å². The van der Waals surface area contributed by atoms with Gasteiger partial charge in [0.2, 0.25) is 0 Å². The molecule has 190 valence electrons. The first kappa shape index (κ1) is 22.2. The van der Waals surface area contributed by atoms with Gasteiger partial charge in [-0.25, -0.2) is 15.0 Å². The van der Waals surface area contributed by atoms with Crippen molar-refractivity contribution in [3.63, 3.8) is 0 Å². The number of benzene rings is 5. The Hall–Kier alpha value is -5.68. The minimum absolute atomic E-state index is 0.582. The average Bonchev–Trinajstić information content (AvgIpc) is 3.58. The van der Waals surface area contributed by atoms with E-state index >= 15 is 0 Å². The lowest BCUT2D eigenvalue weighted by Gasteiger charge is -2.11. The minimum atomic E-state index is 0.582. The molecule has 0 N–H and O–H groups in total. The van der Waals surface area contributed by atoms with Crippen LogP contribution >= 0.6 is 0 Å². The molecule has 5 heteroatoms. The molecule has 0 saturated carbocycles. The Morgan fingerprint density at radius 3 is 2.00 bits per heavy atom. The number of rotatable bonds is 3. The van der Waals surface area contributed by atoms with Gasteiger partial charge < -0.3 is 4.42 Å². The Kier molecular flexibility index (Phi) is 4.55. The summed E-state index contributed by atoms with van der Waals surface area (Å²) in [6, 6.07) is 39.3. The monoisotopic (exact) mass is 524 g/mol. The third-order valence-corrected chi connectivity index (χ3v) is 7.90. The summed E-state index contributed by atoms with van der Waals surface area (Å²) in [6.07, 6.45) is 1.78. The SMILES string of the molecule is c1ccc(-c2nc(-c3cc4c5c(cccc5c3)-c3ccccc3-4)nc(-c3cccc4oc5cccnc5c34)n2)cc1. The maximum Gasteiger partial charge on any atom is 0.164 e. The zero-order valence-corrected chi connectivity index (χ0v) is 21.7. The summed E-state index contributed by atoms with van der Waals surface area (Å²) in [5.41, 5.74) is 10.00. The average molecular weight is 525 g/mol. The number of pyridine rings is 1. The van der Waals surface area contributed by atoms with Gasteiger partial charge in [-0.15, -0.1) is 0 Å². The topological polar surface area (TPSA) is 64.7 Å². The van der Waals surface area contributed by atoms with Gasteiger partial charge in [-0.3, -0.25) is 4.98 Å². The molecule has 5 nitrogen and oxygen atoms in total. The molecule has 0 saturated heterocycles. The Balaban J connectivity index is 1.33. The highest BCUT2D eigenvalue weighted by molar-refractivity contribution is 6.16. The summed E-state index contributed by atoms with van der Waals surface area (Å²) < 4.78 is 6.13. The molecular weight excluding hydrogens is 504 g/mol. The van der Waals surface area contributed by atoms with Gasteiger partial charge >= 0.3 is 0 Å². The van der Waals surface area contributed by atoms with Crippen LogP contribution in [0.1, 0.15) is 0 Å². The fourth-order valence-corrected chi connectivity index (χ4v) is 6.11. The summed E-state index contributed by atoms with van der Waals surface area (Å²) in [6.45, 7) is 0. The molecule has 3 heterocycles. The molecule has 9 rings (SSSR count). The minimum Gasteiger partial charge on any atom is -0.454 e. The van der Waals surface area contributed by atoms with Gasteiger partial charge in [0.05, 0.1) is 5.39 Å². The fraction of sp³-hybridized carbons (Fsp3) is 0. The molecule has 41 heavy (non-hydrogen) atoms. The van der Waals surface area contributed by atoms with Crippen LogP contribution in [0.5, 0.6) is 0 Å². The van der Waals surface area contributed by atoms with E-state index in [2.05, 4.69) is 59.6 Å². The second-order valence-corrected chi connectivity index (χ2v) is 10.3. The van der Waals surface area contributed by atoms with Gasteiger partial charge in [-0.1, -0.05) is 84.9 Å². The molecule has 0 fully saturated rings. The second kappa shape index (κ2) is 8.41. The van der Waals surface area contributed by atoms with E-state index in [1.165, 1.54) is 33.0 Å². The standard InChI is InChI=1S/C36H20N4O/c1-2-9-21(10-3-1)34-38-35(23-19-22-11-6-14-26-24-12-4-5-13-25(24)28(20-23)31(22)26)40-36(39-34)27-15-7-16-29-32(27)33-30(41-29)17-8-18-37-33/h1-20H. The van der Waals surface area contributed by atoms with Gasteiger partial charge in [-0.05, 0) is 63.4 Å². The zero-order chi connectivity index (χ0) is 26.9. The summed E-state index contributed by atoms with van der Waals surface area (Å²) >= 11 is 0. The maximum absolute atomic E-state index is 6.13. The number of aromatic nitrogens is 4. The predicted octanol–water partition coefficient (Wildman–Crippen LogP) is 8.97. The summed E-state index contributed by atoms with van der Waals surface area (Å²) in [7, 11) is 0. The van der Waals surface area contributed by atoms with Crippen LogP contribution in [0.2, 0.25) is 0 Å². The Morgan fingerprint density at radius 1 is 0.439 bits per heavy atom. The van der Waals surface area contributed by atoms with Crippen LogP contribution in [0.15, 0.2) is 126 Å². The third kappa shape index (κ3) is 3.29. The van der Waals surface area contributed by atoms with E-state index in [1.54, 1.807) is 6.20 Å². The maximum atomic E-state index is 6.13. The first-order chi connectivity index (χ1) is 20.3. The fourth-order valence-electron chi connectivity index (χ4n) is 6.11. The van der Waals surface area contributed by atoms with E-state index in [9.17, 15) is 0 Å². The van der Waals surface area contributed by atoms with E-state index < -0.39 is 0 Å². The van der Waals surface area contributed by atoms with Crippen LogP contribution in [0, 0.1) is 0 Å². The van der Waals surface area contributed by atoms with E-state index in [0.717, 1.165) is 38.8 Å². The van der Waals surface area contributed by atoms with Crippen LogP contribution < -0.4 is 0 Å². The van der Waals surface area contributed by atoms with Crippen LogP contribution in [0.3, 0.4) is 0 Å². The number of hydrogen-bond acceptors (Lipinski definition) is 5. The largest absolute Gasteiger partial charge is 0.454 e. The Morgan fingerprint density at radius 2 is 1.12 bits per heavy atom. The van der Waals surface area contributed by atoms with Gasteiger partial charge in [-0.2, -0.15) is 0 Å². The lowest BCUT2D eigenvalue weighted by Crippen LogP contribution is -2.00. The number of hydrogen-bond donors (Lipinski definition) is 0. The van der Waals surface area contributed by atoms with Crippen LogP contribution in [0.25, 0.3) is 89.3 Å². The van der Waals surface area contributed by atoms with Crippen LogP contribution in [-0.4, -0.2) is 19.9 Å². The molecule has 0 radical (unpaired) electrons. The van der Waals surface area contributed by atoms with Gasteiger partial charge in [0.1, 0.15) is 11.1 Å². The quantitative estimate of drug-likeness (QED) is 0.231. The van der Waals surface area contributed by atoms with Crippen molar-refractivity contribution in [3.8, 4) is 56.4 Å². The highest BCUT2D eigenvalue weighted by Crippen LogP contribution is 2.48. The van der Waals surface area contributed by atoms with E-state index in [1.807, 2.05) is 60.7 Å². The predicted molar refractivity (Wildman–Crippen MR) is 163 cm³/mol. The molecule has 0 spiro atoms. The zero-order valence-electron chi connectivity index (χ0n) is 21.7. The van der Waals surface area contributed by atoms with Crippen LogP contribution in [-0.2, 0) is 0 Å². The highest BCUT2D eigenvalue weighted by atomic mass is 16.3. The molecule has 0 bridgehead atoms. The van der Waals surface area contributed by atoms with Crippen molar-refractivity contribution in [1.82, 2.24) is 19.9 Å². The Labute approximate surface area is 234 Å². The summed E-state index contributed by atoms with van der Waals surface area (Å²) in [5, 5.41) is 3.34. The molecule has 0 amide bonds. The van der Waals surface area contributed by atoms with Gasteiger partial charge in [0.15, 0.2) is 23.1 Å². The summed E-state index contributed by atoms with van der Waals surface area (Å²) in [5.74, 6) is 1.83. The van der Waals surface area contributed by atoms with Crippen LogP contribution in [0.4, 0.5) is 0 Å². The first-order valence-electron chi connectivity index (χ1n) is 13.6. The van der Waals surface area contributed by atoms with Crippen molar-refractivity contribution >= 4 is 32.8 Å². The van der Waals surface area contributed by atoms with E-state index in [4.69, 9.17) is 19.4 Å². The van der Waals surface area contributed by atoms with Crippen molar-refractivity contribution in [3.05, 3.63) is 121 Å².